The van der Waals surface area contributed by atoms with Crippen molar-refractivity contribution in [1.29, 1.82) is 0 Å². The highest BCUT2D eigenvalue weighted by molar-refractivity contribution is 5.90. The molecular weight excluding hydrogens is 418 g/mol. The third-order valence-corrected chi connectivity index (χ3v) is 5.90. The summed E-state index contributed by atoms with van der Waals surface area (Å²) in [5.41, 5.74) is 4.35. The summed E-state index contributed by atoms with van der Waals surface area (Å²) < 4.78 is 11.6. The van der Waals surface area contributed by atoms with Gasteiger partial charge in [0.15, 0.2) is 5.84 Å². The van der Waals surface area contributed by atoms with Crippen molar-refractivity contribution in [2.24, 2.45) is 10.9 Å². The van der Waals surface area contributed by atoms with E-state index in [1.807, 2.05) is 6.08 Å². The van der Waals surface area contributed by atoms with E-state index in [1.54, 1.807) is 34.6 Å². The minimum Gasteiger partial charge on any atom is -0.444 e. The minimum atomic E-state index is -0.951. The van der Waals surface area contributed by atoms with Crippen LogP contribution in [0.15, 0.2) is 17.3 Å². The predicted octanol–water partition coefficient (Wildman–Crippen LogP) is 6.73. The molecule has 1 rings (SSSR count). The van der Waals surface area contributed by atoms with Crippen molar-refractivity contribution in [1.82, 2.24) is 4.90 Å². The third kappa shape index (κ3) is 10.8. The van der Waals surface area contributed by atoms with Crippen molar-refractivity contribution in [2.45, 2.75) is 142 Å². The maximum Gasteiger partial charge on any atom is 0.413 e. The first-order chi connectivity index (χ1) is 15.5. The van der Waals surface area contributed by atoms with Gasteiger partial charge in [0.05, 0.1) is 0 Å². The van der Waals surface area contributed by atoms with Gasteiger partial charge in [-0.1, -0.05) is 88.4 Å². The molecule has 0 spiro atoms. The molecule has 3 N–H and O–H groups in total. The van der Waals surface area contributed by atoms with Gasteiger partial charge >= 0.3 is 6.09 Å². The number of allylic oxidation sites excluding steroid dienone is 1. The van der Waals surface area contributed by atoms with Crippen LogP contribution in [0.1, 0.15) is 119 Å². The van der Waals surface area contributed by atoms with E-state index >= 15 is 0 Å². The Hall–Kier alpha value is -1.76. The number of hydrogen-bond acceptors (Lipinski definition) is 5. The summed E-state index contributed by atoms with van der Waals surface area (Å²) in [4.78, 5) is 14.3. The number of amides is 1. The summed E-state index contributed by atoms with van der Waals surface area (Å²) in [5.74, 6) is -0.0734. The number of amidine groups is 1. The maximum absolute atomic E-state index is 12.8. The van der Waals surface area contributed by atoms with Gasteiger partial charge in [-0.25, -0.2) is 4.79 Å². The molecule has 1 amide bonds. The van der Waals surface area contributed by atoms with Gasteiger partial charge < -0.3 is 20.4 Å². The van der Waals surface area contributed by atoms with E-state index in [4.69, 9.17) is 15.2 Å². The molecule has 7 heteroatoms. The smallest absolute Gasteiger partial charge is 0.413 e. The highest BCUT2D eigenvalue weighted by atomic mass is 16.6. The van der Waals surface area contributed by atoms with Gasteiger partial charge in [0.25, 0.3) is 0 Å². The zero-order valence-electron chi connectivity index (χ0n) is 21.9. The highest BCUT2D eigenvalue weighted by Crippen LogP contribution is 2.34. The lowest BCUT2D eigenvalue weighted by atomic mass is 10.0. The Balaban J connectivity index is 2.47. The molecule has 2 atom stereocenters. The zero-order chi connectivity index (χ0) is 24.9. The van der Waals surface area contributed by atoms with E-state index in [1.165, 1.54) is 69.1 Å². The van der Waals surface area contributed by atoms with Gasteiger partial charge in [-0.15, -0.1) is 0 Å². The van der Waals surface area contributed by atoms with Crippen molar-refractivity contribution in [3.63, 3.8) is 0 Å². The average molecular weight is 468 g/mol. The first kappa shape index (κ1) is 29.3. The molecule has 1 aliphatic rings. The Morgan fingerprint density at radius 3 is 2.06 bits per heavy atom. The second kappa shape index (κ2) is 14.5. The second-order valence-corrected chi connectivity index (χ2v) is 10.6. The van der Waals surface area contributed by atoms with Gasteiger partial charge in [-0.05, 0) is 47.5 Å². The van der Waals surface area contributed by atoms with Gasteiger partial charge in [0, 0.05) is 0 Å². The number of nitrogens with zero attached hydrogens (tertiary/aromatic N) is 2. The molecule has 192 valence electrons. The molecule has 0 saturated carbocycles. The Labute approximate surface area is 201 Å². The molecule has 0 aromatic rings. The highest BCUT2D eigenvalue weighted by Gasteiger charge is 2.52. The number of carbonyl (C=O) groups is 1. The van der Waals surface area contributed by atoms with Crippen LogP contribution in [0.3, 0.4) is 0 Å². The van der Waals surface area contributed by atoms with E-state index in [0.717, 1.165) is 12.8 Å². The molecule has 0 aromatic carbocycles. The number of oxime groups is 1. The van der Waals surface area contributed by atoms with Crippen molar-refractivity contribution < 1.29 is 19.5 Å². The van der Waals surface area contributed by atoms with E-state index in [-0.39, 0.29) is 5.84 Å². The van der Waals surface area contributed by atoms with Crippen molar-refractivity contribution in [3.8, 4) is 0 Å². The Kier molecular flexibility index (Phi) is 12.9. The maximum atomic E-state index is 12.8. The van der Waals surface area contributed by atoms with Crippen LogP contribution in [0.5, 0.6) is 0 Å². The number of ether oxygens (including phenoxy) is 2. The Morgan fingerprint density at radius 1 is 1.06 bits per heavy atom. The first-order valence-electron chi connectivity index (χ1n) is 12.9. The molecule has 0 radical (unpaired) electrons. The monoisotopic (exact) mass is 467 g/mol. The molecule has 0 aliphatic carbocycles. The van der Waals surface area contributed by atoms with E-state index < -0.39 is 29.6 Å². The van der Waals surface area contributed by atoms with Crippen LogP contribution < -0.4 is 5.73 Å². The molecule has 33 heavy (non-hydrogen) atoms. The fourth-order valence-electron chi connectivity index (χ4n) is 4.24. The van der Waals surface area contributed by atoms with Crippen LogP contribution in [0, 0.1) is 0 Å². The van der Waals surface area contributed by atoms with Gasteiger partial charge in [-0.2, -0.15) is 0 Å². The molecule has 2 unspecified atom stereocenters. The average Bonchev–Trinajstić information content (AvgIpc) is 2.99. The summed E-state index contributed by atoms with van der Waals surface area (Å²) >= 11 is 0. The van der Waals surface area contributed by atoms with Gasteiger partial charge in [0.2, 0.25) is 0 Å². The fourth-order valence-corrected chi connectivity index (χ4v) is 4.24. The van der Waals surface area contributed by atoms with E-state index in [9.17, 15) is 10.0 Å². The molecule has 7 nitrogen and oxygen atoms in total. The Morgan fingerprint density at radius 2 is 1.58 bits per heavy atom. The molecule has 1 heterocycles. The van der Waals surface area contributed by atoms with Crippen LogP contribution in [-0.4, -0.2) is 45.5 Å². The lowest BCUT2D eigenvalue weighted by Gasteiger charge is -2.34. The number of hydrogen-bond donors (Lipinski definition) is 2. The van der Waals surface area contributed by atoms with E-state index in [0.29, 0.717) is 0 Å². The summed E-state index contributed by atoms with van der Waals surface area (Å²) in [5, 5.41) is 12.5. The van der Waals surface area contributed by atoms with Crippen molar-refractivity contribution in [2.75, 3.05) is 0 Å². The summed E-state index contributed by atoms with van der Waals surface area (Å²) in [6, 6.07) is -0.728. The minimum absolute atomic E-state index is 0.0734. The van der Waals surface area contributed by atoms with E-state index in [2.05, 4.69) is 18.2 Å². The molecule has 1 aliphatic heterocycles. The lowest BCUT2D eigenvalue weighted by molar-refractivity contribution is -0.0707. The first-order valence-corrected chi connectivity index (χ1v) is 12.9. The van der Waals surface area contributed by atoms with Gasteiger partial charge in [-0.3, -0.25) is 4.90 Å². The fraction of sp³-hybridized carbons (Fsp3) is 0.846. The topological polar surface area (TPSA) is 97.4 Å². The SMILES string of the molecule is CCCCCCCCCCCCCC=CC1OC(C)(C)N(C(=O)OC(C)(C)C)C1/C(N)=N/O. The van der Waals surface area contributed by atoms with Crippen LogP contribution in [-0.2, 0) is 9.47 Å². The quantitative estimate of drug-likeness (QED) is 0.0737. The molecule has 1 fully saturated rings. The standard InChI is InChI=1S/C26H49N3O4/c1-7-8-9-10-11-12-13-14-15-16-17-18-19-20-21-22(23(27)28-31)29(26(5,6)32-21)24(30)33-25(2,3)4/h19-22,31H,7-18H2,1-6H3,(H2,27,28). The largest absolute Gasteiger partial charge is 0.444 e. The summed E-state index contributed by atoms with van der Waals surface area (Å²) in [7, 11) is 0. The number of unbranched alkanes of at least 4 members (excludes halogenated alkanes) is 11. The second-order valence-electron chi connectivity index (χ2n) is 10.6. The molecule has 1 saturated heterocycles. The summed E-state index contributed by atoms with van der Waals surface area (Å²) in [6.45, 7) is 11.2. The third-order valence-electron chi connectivity index (χ3n) is 5.90. The molecular formula is C26H49N3O4. The van der Waals surface area contributed by atoms with Crippen LogP contribution in [0.25, 0.3) is 0 Å². The number of nitrogens with two attached hydrogens (primary N) is 1. The normalized spacial score (nSPS) is 21.2. The lowest BCUT2D eigenvalue weighted by Crippen LogP contribution is -2.54. The molecule has 0 bridgehead atoms. The Bertz CT molecular complexity index is 626. The molecule has 0 aromatic heterocycles. The summed E-state index contributed by atoms with van der Waals surface area (Å²) in [6.07, 6.45) is 18.3. The van der Waals surface area contributed by atoms with Crippen LogP contribution in [0.2, 0.25) is 0 Å². The van der Waals surface area contributed by atoms with Crippen molar-refractivity contribution in [3.05, 3.63) is 12.2 Å². The zero-order valence-corrected chi connectivity index (χ0v) is 21.9. The predicted molar refractivity (Wildman–Crippen MR) is 134 cm³/mol. The number of rotatable bonds is 14. The van der Waals surface area contributed by atoms with Crippen molar-refractivity contribution >= 4 is 11.9 Å². The van der Waals surface area contributed by atoms with Crippen LogP contribution in [0.4, 0.5) is 4.79 Å². The number of carbonyl (C=O) groups excluding carboxylic acids is 1. The van der Waals surface area contributed by atoms with Crippen LogP contribution >= 0.6 is 0 Å². The van der Waals surface area contributed by atoms with Gasteiger partial charge in [0.1, 0.15) is 23.5 Å².